The second-order valence-electron chi connectivity index (χ2n) is 5.55. The van der Waals surface area contributed by atoms with Crippen molar-refractivity contribution in [1.29, 1.82) is 0 Å². The van der Waals surface area contributed by atoms with Crippen molar-refractivity contribution >= 4 is 10.8 Å². The molecule has 0 heterocycles. The van der Waals surface area contributed by atoms with Crippen LogP contribution in [-0.2, 0) is 16.6 Å². The zero-order chi connectivity index (χ0) is 13.7. The number of rotatable bonds is 6. The van der Waals surface area contributed by atoms with E-state index >= 15 is 0 Å². The molecule has 0 aromatic heterocycles. The molecule has 0 amide bonds. The molecule has 0 saturated heterocycles. The lowest BCUT2D eigenvalue weighted by Gasteiger charge is -2.21. The fourth-order valence-electron chi connectivity index (χ4n) is 2.96. The fourth-order valence-corrected chi connectivity index (χ4v) is 4.77. The predicted molar refractivity (Wildman–Crippen MR) is 82.6 cm³/mol. The van der Waals surface area contributed by atoms with Crippen molar-refractivity contribution in [3.63, 3.8) is 0 Å². The van der Waals surface area contributed by atoms with Crippen molar-refractivity contribution < 1.29 is 4.21 Å². The molecule has 0 radical (unpaired) electrons. The molecule has 1 N–H and O–H groups in total. The summed E-state index contributed by atoms with van der Waals surface area (Å²) in [4.78, 5) is 0. The monoisotopic (exact) mass is 279 g/mol. The molecule has 0 spiro atoms. The van der Waals surface area contributed by atoms with Crippen molar-refractivity contribution in [1.82, 2.24) is 5.32 Å². The van der Waals surface area contributed by atoms with Crippen LogP contribution in [0.25, 0.3) is 0 Å². The maximum Gasteiger partial charge on any atom is 0.0488 e. The Labute approximate surface area is 119 Å². The third kappa shape index (κ3) is 3.90. The van der Waals surface area contributed by atoms with E-state index in [0.717, 1.165) is 13.0 Å². The minimum absolute atomic E-state index is 0.356. The summed E-state index contributed by atoms with van der Waals surface area (Å²) in [5.74, 6) is 1.23. The molecule has 1 aliphatic rings. The van der Waals surface area contributed by atoms with Gasteiger partial charge in [-0.2, -0.15) is 0 Å². The standard InChI is InChI=1S/C16H25NOS/c1-3-11-17-15-9-10-16(13(15)2)19(18)12-14-7-5-4-6-8-14/h4-8,13,15-17H,3,9-12H2,1-2H3. The van der Waals surface area contributed by atoms with Crippen LogP contribution in [0.4, 0.5) is 0 Å². The summed E-state index contributed by atoms with van der Waals surface area (Å²) >= 11 is 0. The average molecular weight is 279 g/mol. The summed E-state index contributed by atoms with van der Waals surface area (Å²) in [5.41, 5.74) is 1.19. The molecule has 0 bridgehead atoms. The van der Waals surface area contributed by atoms with E-state index in [1.807, 2.05) is 18.2 Å². The molecule has 4 unspecified atom stereocenters. The van der Waals surface area contributed by atoms with E-state index in [0.29, 0.717) is 23.0 Å². The minimum atomic E-state index is -0.743. The van der Waals surface area contributed by atoms with Crippen LogP contribution in [0.15, 0.2) is 30.3 Å². The average Bonchev–Trinajstić information content (AvgIpc) is 2.79. The van der Waals surface area contributed by atoms with Gasteiger partial charge in [-0.05, 0) is 37.3 Å². The summed E-state index contributed by atoms with van der Waals surface area (Å²) < 4.78 is 12.5. The van der Waals surface area contributed by atoms with Crippen molar-refractivity contribution in [3.8, 4) is 0 Å². The van der Waals surface area contributed by atoms with Gasteiger partial charge in [0.1, 0.15) is 0 Å². The zero-order valence-electron chi connectivity index (χ0n) is 12.0. The molecule has 2 nitrogen and oxygen atoms in total. The Hall–Kier alpha value is -0.670. The highest BCUT2D eigenvalue weighted by atomic mass is 32.2. The minimum Gasteiger partial charge on any atom is -0.314 e. The maximum atomic E-state index is 12.5. The molecule has 1 saturated carbocycles. The van der Waals surface area contributed by atoms with Crippen LogP contribution in [-0.4, -0.2) is 22.0 Å². The zero-order valence-corrected chi connectivity index (χ0v) is 12.8. The van der Waals surface area contributed by atoms with Gasteiger partial charge in [0.2, 0.25) is 0 Å². The highest BCUT2D eigenvalue weighted by Crippen LogP contribution is 2.31. The molecule has 3 heteroatoms. The van der Waals surface area contributed by atoms with Gasteiger partial charge < -0.3 is 5.32 Å². The summed E-state index contributed by atoms with van der Waals surface area (Å²) in [5, 5.41) is 3.95. The Morgan fingerprint density at radius 3 is 2.68 bits per heavy atom. The van der Waals surface area contributed by atoms with Gasteiger partial charge in [0.25, 0.3) is 0 Å². The highest BCUT2D eigenvalue weighted by molar-refractivity contribution is 7.84. The van der Waals surface area contributed by atoms with Crippen LogP contribution < -0.4 is 5.32 Å². The van der Waals surface area contributed by atoms with Gasteiger partial charge in [-0.3, -0.25) is 4.21 Å². The van der Waals surface area contributed by atoms with E-state index in [4.69, 9.17) is 0 Å². The Kier molecular flexibility index (Phi) is 5.59. The lowest BCUT2D eigenvalue weighted by molar-refractivity contribution is 0.429. The molecule has 2 rings (SSSR count). The summed E-state index contributed by atoms with van der Waals surface area (Å²) in [7, 11) is -0.743. The number of hydrogen-bond acceptors (Lipinski definition) is 2. The number of nitrogens with one attached hydrogen (secondary N) is 1. The highest BCUT2D eigenvalue weighted by Gasteiger charge is 2.35. The van der Waals surface area contributed by atoms with Crippen LogP contribution in [0.2, 0.25) is 0 Å². The Balaban J connectivity index is 1.90. The lowest BCUT2D eigenvalue weighted by atomic mass is 10.1. The molecule has 0 aliphatic heterocycles. The van der Waals surface area contributed by atoms with E-state index in [9.17, 15) is 4.21 Å². The van der Waals surface area contributed by atoms with Crippen LogP contribution in [0.3, 0.4) is 0 Å². The SMILES string of the molecule is CCCNC1CCC(S(=O)Cc2ccccc2)C1C. The normalized spacial score (nSPS) is 28.4. The van der Waals surface area contributed by atoms with Crippen LogP contribution in [0.1, 0.15) is 38.7 Å². The third-order valence-electron chi connectivity index (χ3n) is 4.13. The first-order chi connectivity index (χ1) is 9.22. The molecule has 1 fully saturated rings. The molecule has 4 atom stereocenters. The van der Waals surface area contributed by atoms with Crippen molar-refractivity contribution in [2.75, 3.05) is 6.54 Å². The third-order valence-corrected chi connectivity index (χ3v) is 6.09. The van der Waals surface area contributed by atoms with Gasteiger partial charge in [0.15, 0.2) is 0 Å². The second kappa shape index (κ2) is 7.20. The van der Waals surface area contributed by atoms with Gasteiger partial charge in [0.05, 0.1) is 0 Å². The maximum absolute atomic E-state index is 12.5. The first-order valence-electron chi connectivity index (χ1n) is 7.37. The number of hydrogen-bond donors (Lipinski definition) is 1. The van der Waals surface area contributed by atoms with Crippen LogP contribution >= 0.6 is 0 Å². The molecule has 106 valence electrons. The molecule has 1 aromatic rings. The quantitative estimate of drug-likeness (QED) is 0.867. The van der Waals surface area contributed by atoms with Crippen LogP contribution in [0.5, 0.6) is 0 Å². The Morgan fingerprint density at radius 2 is 2.00 bits per heavy atom. The van der Waals surface area contributed by atoms with E-state index in [1.165, 1.54) is 18.4 Å². The van der Waals surface area contributed by atoms with Crippen LogP contribution in [0, 0.1) is 5.92 Å². The van der Waals surface area contributed by atoms with E-state index in [1.54, 1.807) is 0 Å². The topological polar surface area (TPSA) is 29.1 Å². The van der Waals surface area contributed by atoms with Crippen molar-refractivity contribution in [3.05, 3.63) is 35.9 Å². The van der Waals surface area contributed by atoms with Gasteiger partial charge in [-0.25, -0.2) is 0 Å². The Bertz CT molecular complexity index is 406. The van der Waals surface area contributed by atoms with Crippen molar-refractivity contribution in [2.45, 2.75) is 50.2 Å². The number of benzene rings is 1. The van der Waals surface area contributed by atoms with Gasteiger partial charge in [-0.15, -0.1) is 0 Å². The van der Waals surface area contributed by atoms with Gasteiger partial charge in [0, 0.05) is 27.8 Å². The molecule has 19 heavy (non-hydrogen) atoms. The van der Waals surface area contributed by atoms with Crippen molar-refractivity contribution in [2.24, 2.45) is 5.92 Å². The van der Waals surface area contributed by atoms with E-state index in [2.05, 4.69) is 31.3 Å². The Morgan fingerprint density at radius 1 is 1.26 bits per heavy atom. The largest absolute Gasteiger partial charge is 0.314 e. The second-order valence-corrected chi connectivity index (χ2v) is 7.20. The summed E-state index contributed by atoms with van der Waals surface area (Å²) in [6.07, 6.45) is 3.44. The fraction of sp³-hybridized carbons (Fsp3) is 0.625. The summed E-state index contributed by atoms with van der Waals surface area (Å²) in [6.45, 7) is 5.53. The van der Waals surface area contributed by atoms with E-state index < -0.39 is 10.8 Å². The van der Waals surface area contributed by atoms with Gasteiger partial charge in [-0.1, -0.05) is 44.2 Å². The first kappa shape index (κ1) is 14.7. The predicted octanol–water partition coefficient (Wildman–Crippen LogP) is 3.10. The first-order valence-corrected chi connectivity index (χ1v) is 8.75. The lowest BCUT2D eigenvalue weighted by Crippen LogP contribution is -2.35. The molecule has 1 aliphatic carbocycles. The van der Waals surface area contributed by atoms with Gasteiger partial charge >= 0.3 is 0 Å². The molecule has 1 aromatic carbocycles. The molecular formula is C16H25NOS. The molecular weight excluding hydrogens is 254 g/mol. The summed E-state index contributed by atoms with van der Waals surface area (Å²) in [6, 6.07) is 10.8. The smallest absolute Gasteiger partial charge is 0.0488 e. The van der Waals surface area contributed by atoms with E-state index in [-0.39, 0.29) is 0 Å².